The molecule has 0 saturated heterocycles. The number of amides is 2. The molecule has 0 spiro atoms. The quantitative estimate of drug-likeness (QED) is 0.657. The van der Waals surface area contributed by atoms with E-state index in [1.165, 1.54) is 18.2 Å². The number of sulfone groups is 1. The van der Waals surface area contributed by atoms with Crippen molar-refractivity contribution in [3.63, 3.8) is 0 Å². The zero-order valence-corrected chi connectivity index (χ0v) is 17.5. The van der Waals surface area contributed by atoms with Crippen LogP contribution in [0, 0.1) is 12.8 Å². The van der Waals surface area contributed by atoms with Crippen LogP contribution in [0.25, 0.3) is 0 Å². The van der Waals surface area contributed by atoms with Gasteiger partial charge in [-0.05, 0) is 48.9 Å². The van der Waals surface area contributed by atoms with Crippen LogP contribution >= 0.6 is 12.4 Å². The van der Waals surface area contributed by atoms with Gasteiger partial charge >= 0.3 is 0 Å². The van der Waals surface area contributed by atoms with Crippen LogP contribution in [0.15, 0.2) is 47.4 Å². The summed E-state index contributed by atoms with van der Waals surface area (Å²) in [6.07, 6.45) is 1.09. The van der Waals surface area contributed by atoms with E-state index in [9.17, 15) is 18.0 Å². The fraction of sp³-hybridized carbons (Fsp3) is 0.263. The smallest absolute Gasteiger partial charge is 0.255 e. The van der Waals surface area contributed by atoms with E-state index in [-0.39, 0.29) is 41.2 Å². The van der Waals surface area contributed by atoms with E-state index in [0.717, 1.165) is 11.8 Å². The van der Waals surface area contributed by atoms with Crippen LogP contribution in [-0.2, 0) is 14.6 Å². The highest BCUT2D eigenvalue weighted by molar-refractivity contribution is 7.90. The summed E-state index contributed by atoms with van der Waals surface area (Å²) >= 11 is 0. The number of carbonyl (C=O) groups is 2. The molecule has 0 aliphatic carbocycles. The van der Waals surface area contributed by atoms with E-state index in [2.05, 4.69) is 10.6 Å². The number of nitrogens with one attached hydrogen (secondary N) is 2. The monoisotopic (exact) mass is 425 g/mol. The third kappa shape index (κ3) is 6.05. The Morgan fingerprint density at radius 2 is 1.79 bits per heavy atom. The molecule has 2 aromatic carbocycles. The van der Waals surface area contributed by atoms with Gasteiger partial charge in [0, 0.05) is 35.7 Å². The molecule has 0 radical (unpaired) electrons. The Kier molecular flexibility index (Phi) is 8.16. The fourth-order valence-corrected chi connectivity index (χ4v) is 2.98. The Bertz CT molecular complexity index is 977. The molecule has 152 valence electrons. The zero-order valence-electron chi connectivity index (χ0n) is 15.9. The molecular formula is C19H24ClN3O4S. The number of carbonyl (C=O) groups excluding carboxylic acids is 2. The second-order valence-corrected chi connectivity index (χ2v) is 8.43. The summed E-state index contributed by atoms with van der Waals surface area (Å²) in [7, 11) is -3.40. The topological polar surface area (TPSA) is 118 Å². The van der Waals surface area contributed by atoms with Gasteiger partial charge in [-0.3, -0.25) is 9.59 Å². The predicted molar refractivity (Wildman–Crippen MR) is 113 cm³/mol. The normalized spacial score (nSPS) is 11.9. The minimum absolute atomic E-state index is 0. The molecule has 0 heterocycles. The van der Waals surface area contributed by atoms with Gasteiger partial charge in [-0.15, -0.1) is 12.4 Å². The molecular weight excluding hydrogens is 402 g/mol. The Labute approximate surface area is 171 Å². The van der Waals surface area contributed by atoms with E-state index in [4.69, 9.17) is 5.73 Å². The molecule has 0 aliphatic heterocycles. The molecule has 0 aromatic heterocycles. The van der Waals surface area contributed by atoms with Crippen LogP contribution < -0.4 is 16.4 Å². The van der Waals surface area contributed by atoms with Crippen LogP contribution in [0.4, 0.5) is 11.4 Å². The molecule has 1 unspecified atom stereocenters. The van der Waals surface area contributed by atoms with Crippen molar-refractivity contribution >= 4 is 45.4 Å². The lowest BCUT2D eigenvalue weighted by Crippen LogP contribution is -2.26. The Morgan fingerprint density at radius 1 is 1.11 bits per heavy atom. The van der Waals surface area contributed by atoms with Crippen molar-refractivity contribution in [2.24, 2.45) is 11.7 Å². The third-order valence-corrected chi connectivity index (χ3v) is 5.18. The minimum atomic E-state index is -3.40. The fourth-order valence-electron chi connectivity index (χ4n) is 2.32. The van der Waals surface area contributed by atoms with Gasteiger partial charge in [-0.25, -0.2) is 8.42 Å². The van der Waals surface area contributed by atoms with Gasteiger partial charge in [-0.1, -0.05) is 13.0 Å². The van der Waals surface area contributed by atoms with Crippen LogP contribution in [0.2, 0.25) is 0 Å². The maximum atomic E-state index is 12.4. The average molecular weight is 426 g/mol. The zero-order chi connectivity index (χ0) is 20.2. The number of anilines is 2. The minimum Gasteiger partial charge on any atom is -0.330 e. The van der Waals surface area contributed by atoms with E-state index >= 15 is 0 Å². The molecule has 0 saturated carbocycles. The van der Waals surface area contributed by atoms with Crippen LogP contribution in [0.5, 0.6) is 0 Å². The standard InChI is InChI=1S/C19H23N3O4S.ClH/c1-12-9-15(21-18(23)13(2)11-20)7-8-17(12)22-19(24)14-5-4-6-16(10-14)27(3,25)26;/h4-10,13H,11,20H2,1-3H3,(H,21,23)(H,22,24);1H. The first kappa shape index (κ1) is 23.6. The highest BCUT2D eigenvalue weighted by Crippen LogP contribution is 2.21. The van der Waals surface area contributed by atoms with Gasteiger partial charge in [0.05, 0.1) is 4.90 Å². The lowest BCUT2D eigenvalue weighted by atomic mass is 10.1. The average Bonchev–Trinajstić information content (AvgIpc) is 2.62. The van der Waals surface area contributed by atoms with Crippen molar-refractivity contribution in [3.05, 3.63) is 53.6 Å². The summed E-state index contributed by atoms with van der Waals surface area (Å²) in [5.74, 6) is -0.893. The van der Waals surface area contributed by atoms with Gasteiger partial charge in [0.25, 0.3) is 5.91 Å². The van der Waals surface area contributed by atoms with Crippen molar-refractivity contribution in [1.82, 2.24) is 0 Å². The van der Waals surface area contributed by atoms with Gasteiger partial charge in [0.1, 0.15) is 0 Å². The Balaban J connectivity index is 0.00000392. The molecule has 0 aliphatic rings. The number of hydrogen-bond donors (Lipinski definition) is 3. The first-order valence-corrected chi connectivity index (χ1v) is 10.2. The molecule has 2 amide bonds. The van der Waals surface area contributed by atoms with Crippen LogP contribution in [0.1, 0.15) is 22.8 Å². The molecule has 2 aromatic rings. The molecule has 7 nitrogen and oxygen atoms in total. The molecule has 2 rings (SSSR count). The maximum absolute atomic E-state index is 12.4. The molecule has 9 heteroatoms. The second-order valence-electron chi connectivity index (χ2n) is 6.41. The van der Waals surface area contributed by atoms with Crippen LogP contribution in [0.3, 0.4) is 0 Å². The number of nitrogens with two attached hydrogens (primary N) is 1. The largest absolute Gasteiger partial charge is 0.330 e. The van der Waals surface area contributed by atoms with Gasteiger partial charge < -0.3 is 16.4 Å². The highest BCUT2D eigenvalue weighted by atomic mass is 35.5. The number of benzene rings is 2. The molecule has 0 fully saturated rings. The number of halogens is 1. The summed E-state index contributed by atoms with van der Waals surface area (Å²) in [5.41, 5.74) is 7.65. The first-order chi connectivity index (χ1) is 12.6. The van der Waals surface area contributed by atoms with Crippen molar-refractivity contribution in [2.45, 2.75) is 18.7 Å². The maximum Gasteiger partial charge on any atom is 0.255 e. The molecule has 28 heavy (non-hydrogen) atoms. The SMILES string of the molecule is Cc1cc(NC(=O)C(C)CN)ccc1NC(=O)c1cccc(S(C)(=O)=O)c1.Cl. The Morgan fingerprint density at radius 3 is 2.36 bits per heavy atom. The summed E-state index contributed by atoms with van der Waals surface area (Å²) in [6.45, 7) is 3.79. The van der Waals surface area contributed by atoms with Gasteiger partial charge in [-0.2, -0.15) is 0 Å². The summed E-state index contributed by atoms with van der Waals surface area (Å²) < 4.78 is 23.3. The number of hydrogen-bond acceptors (Lipinski definition) is 5. The lowest BCUT2D eigenvalue weighted by Gasteiger charge is -2.13. The summed E-state index contributed by atoms with van der Waals surface area (Å²) in [4.78, 5) is 24.4. The van der Waals surface area contributed by atoms with E-state index in [1.807, 2.05) is 0 Å². The highest BCUT2D eigenvalue weighted by Gasteiger charge is 2.14. The first-order valence-electron chi connectivity index (χ1n) is 8.35. The van der Waals surface area contributed by atoms with Crippen molar-refractivity contribution < 1.29 is 18.0 Å². The predicted octanol–water partition coefficient (Wildman–Crippen LogP) is 2.61. The van der Waals surface area contributed by atoms with E-state index in [1.54, 1.807) is 38.1 Å². The van der Waals surface area contributed by atoms with E-state index < -0.39 is 15.7 Å². The van der Waals surface area contributed by atoms with Crippen molar-refractivity contribution in [1.29, 1.82) is 0 Å². The third-order valence-electron chi connectivity index (χ3n) is 4.07. The van der Waals surface area contributed by atoms with Crippen LogP contribution in [-0.4, -0.2) is 33.0 Å². The lowest BCUT2D eigenvalue weighted by molar-refractivity contribution is -0.119. The van der Waals surface area contributed by atoms with E-state index in [0.29, 0.717) is 11.4 Å². The number of aryl methyl sites for hydroxylation is 1. The summed E-state index contributed by atoms with van der Waals surface area (Å²) in [6, 6.07) is 10.9. The second kappa shape index (κ2) is 9.68. The Hall–Kier alpha value is -2.42. The van der Waals surface area contributed by atoms with Gasteiger partial charge in [0.15, 0.2) is 9.84 Å². The summed E-state index contributed by atoms with van der Waals surface area (Å²) in [5, 5.41) is 5.52. The van der Waals surface area contributed by atoms with Crippen molar-refractivity contribution in [3.8, 4) is 0 Å². The molecule has 0 bridgehead atoms. The molecule has 4 N–H and O–H groups in total. The van der Waals surface area contributed by atoms with Crippen molar-refractivity contribution in [2.75, 3.05) is 23.4 Å². The number of rotatable bonds is 6. The molecule has 1 atom stereocenters. The van der Waals surface area contributed by atoms with Gasteiger partial charge in [0.2, 0.25) is 5.91 Å².